The molecule has 1 heterocycles. The highest BCUT2D eigenvalue weighted by Gasteiger charge is 2.35. The van der Waals surface area contributed by atoms with E-state index in [2.05, 4.69) is 4.98 Å². The number of carbonyl (C=O) groups excluding carboxylic acids is 1. The number of aliphatic hydroxyl groups is 1. The average Bonchev–Trinajstić information content (AvgIpc) is 2.61. The number of aryl methyl sites for hydroxylation is 2. The zero-order valence-electron chi connectivity index (χ0n) is 11.1. The van der Waals surface area contributed by atoms with Crippen LogP contribution in [0.5, 0.6) is 0 Å². The van der Waals surface area contributed by atoms with Crippen molar-refractivity contribution in [2.24, 2.45) is 7.05 Å². The van der Waals surface area contributed by atoms with Gasteiger partial charge < -0.3 is 9.67 Å². The summed E-state index contributed by atoms with van der Waals surface area (Å²) in [5.41, 5.74) is -1.07. The number of nitrogens with zero attached hydrogens (tertiary/aromatic N) is 2. The van der Waals surface area contributed by atoms with E-state index in [0.29, 0.717) is 25.7 Å². The van der Waals surface area contributed by atoms with Crippen molar-refractivity contribution in [1.29, 1.82) is 0 Å². The molecule has 1 aliphatic rings. The van der Waals surface area contributed by atoms with Crippen molar-refractivity contribution in [3.05, 3.63) is 18.2 Å². The Balaban J connectivity index is 1.92. The van der Waals surface area contributed by atoms with Gasteiger partial charge in [-0.3, -0.25) is 4.79 Å². The lowest BCUT2D eigenvalue weighted by Crippen LogP contribution is -2.38. The fourth-order valence-corrected chi connectivity index (χ4v) is 2.69. The molecule has 0 atom stereocenters. The minimum absolute atomic E-state index is 0.00704. The fraction of sp³-hybridized carbons (Fsp3) is 0.714. The van der Waals surface area contributed by atoms with Gasteiger partial charge in [0.15, 0.2) is 5.78 Å². The molecule has 1 N–H and O–H groups in total. The Morgan fingerprint density at radius 3 is 2.61 bits per heavy atom. The minimum atomic E-state index is -1.07. The molecule has 0 spiro atoms. The number of Topliss-reactive ketones (excluding diaryl/α,β-unsaturated/α-hetero) is 1. The van der Waals surface area contributed by atoms with Gasteiger partial charge in [-0.2, -0.15) is 0 Å². The summed E-state index contributed by atoms with van der Waals surface area (Å²) >= 11 is 0. The SMILES string of the molecule is Cn1ccnc1CCC(=O)C1(O)CCCCCC1. The first-order chi connectivity index (χ1) is 8.62. The van der Waals surface area contributed by atoms with Crippen molar-refractivity contribution >= 4 is 5.78 Å². The normalized spacial score (nSPS) is 19.4. The highest BCUT2D eigenvalue weighted by molar-refractivity contribution is 5.87. The van der Waals surface area contributed by atoms with Crippen LogP contribution in [0, 0.1) is 0 Å². The lowest BCUT2D eigenvalue weighted by atomic mass is 9.87. The molecule has 1 saturated carbocycles. The quantitative estimate of drug-likeness (QED) is 0.832. The molecule has 0 saturated heterocycles. The maximum absolute atomic E-state index is 12.2. The van der Waals surface area contributed by atoms with Gasteiger partial charge in [-0.05, 0) is 12.8 Å². The molecular weight excluding hydrogens is 228 g/mol. The van der Waals surface area contributed by atoms with Gasteiger partial charge >= 0.3 is 0 Å². The standard InChI is InChI=1S/C14H22N2O2/c1-16-11-10-15-13(16)7-6-12(17)14(18)8-4-2-3-5-9-14/h10-11,18H,2-9H2,1H3. The van der Waals surface area contributed by atoms with E-state index in [1.807, 2.05) is 17.8 Å². The van der Waals surface area contributed by atoms with Crippen molar-refractivity contribution in [1.82, 2.24) is 9.55 Å². The molecule has 0 radical (unpaired) electrons. The van der Waals surface area contributed by atoms with Crippen LogP contribution in [0.1, 0.15) is 50.8 Å². The van der Waals surface area contributed by atoms with E-state index in [4.69, 9.17) is 0 Å². The molecule has 2 rings (SSSR count). The van der Waals surface area contributed by atoms with E-state index in [9.17, 15) is 9.90 Å². The maximum Gasteiger partial charge on any atom is 0.164 e. The number of ketones is 1. The fourth-order valence-electron chi connectivity index (χ4n) is 2.69. The van der Waals surface area contributed by atoms with Crippen LogP contribution >= 0.6 is 0 Å². The Bertz CT molecular complexity index is 404. The molecule has 0 unspecified atom stereocenters. The van der Waals surface area contributed by atoms with Crippen molar-refractivity contribution in [3.8, 4) is 0 Å². The zero-order valence-corrected chi connectivity index (χ0v) is 11.1. The summed E-state index contributed by atoms with van der Waals surface area (Å²) < 4.78 is 1.92. The molecule has 0 bridgehead atoms. The van der Waals surface area contributed by atoms with E-state index < -0.39 is 5.60 Å². The van der Waals surface area contributed by atoms with Gasteiger partial charge in [0, 0.05) is 32.3 Å². The molecule has 100 valence electrons. The van der Waals surface area contributed by atoms with Crippen LogP contribution in [-0.4, -0.2) is 26.0 Å². The van der Waals surface area contributed by atoms with Crippen LogP contribution in [0.25, 0.3) is 0 Å². The minimum Gasteiger partial charge on any atom is -0.382 e. The number of aromatic nitrogens is 2. The number of hydrogen-bond acceptors (Lipinski definition) is 3. The van der Waals surface area contributed by atoms with Gasteiger partial charge in [0.1, 0.15) is 11.4 Å². The Hall–Kier alpha value is -1.16. The van der Waals surface area contributed by atoms with Gasteiger partial charge in [-0.15, -0.1) is 0 Å². The smallest absolute Gasteiger partial charge is 0.164 e. The molecule has 1 aromatic rings. The van der Waals surface area contributed by atoms with Gasteiger partial charge in [-0.25, -0.2) is 4.98 Å². The van der Waals surface area contributed by atoms with Gasteiger partial charge in [0.25, 0.3) is 0 Å². The molecule has 1 aliphatic carbocycles. The highest BCUT2D eigenvalue weighted by Crippen LogP contribution is 2.29. The molecule has 0 aliphatic heterocycles. The number of hydrogen-bond donors (Lipinski definition) is 1. The summed E-state index contributed by atoms with van der Waals surface area (Å²) in [5, 5.41) is 10.4. The predicted molar refractivity (Wildman–Crippen MR) is 69.2 cm³/mol. The lowest BCUT2D eigenvalue weighted by Gasteiger charge is -2.24. The zero-order chi connectivity index (χ0) is 13.0. The molecular formula is C14H22N2O2. The third kappa shape index (κ3) is 2.99. The van der Waals surface area contributed by atoms with Gasteiger partial charge in [-0.1, -0.05) is 25.7 Å². The van der Waals surface area contributed by atoms with Crippen LogP contribution in [-0.2, 0) is 18.3 Å². The van der Waals surface area contributed by atoms with Crippen LogP contribution < -0.4 is 0 Å². The molecule has 18 heavy (non-hydrogen) atoms. The molecule has 1 fully saturated rings. The third-order valence-electron chi connectivity index (χ3n) is 3.95. The third-order valence-corrected chi connectivity index (χ3v) is 3.95. The predicted octanol–water partition coefficient (Wildman–Crippen LogP) is 2.01. The van der Waals surface area contributed by atoms with E-state index in [1.54, 1.807) is 6.20 Å². The first kappa shape index (κ1) is 13.3. The average molecular weight is 250 g/mol. The van der Waals surface area contributed by atoms with Crippen molar-refractivity contribution in [2.75, 3.05) is 0 Å². The molecule has 4 heteroatoms. The highest BCUT2D eigenvalue weighted by atomic mass is 16.3. The summed E-state index contributed by atoms with van der Waals surface area (Å²) in [5.74, 6) is 0.896. The number of imidazole rings is 1. The second-order valence-corrected chi connectivity index (χ2v) is 5.32. The summed E-state index contributed by atoms with van der Waals surface area (Å²) in [6, 6.07) is 0. The van der Waals surface area contributed by atoms with Gasteiger partial charge in [0.05, 0.1) is 0 Å². The first-order valence-corrected chi connectivity index (χ1v) is 6.84. The van der Waals surface area contributed by atoms with E-state index in [0.717, 1.165) is 31.5 Å². The van der Waals surface area contributed by atoms with Crippen LogP contribution in [0.3, 0.4) is 0 Å². The summed E-state index contributed by atoms with van der Waals surface area (Å²) in [6.07, 6.45) is 10.1. The largest absolute Gasteiger partial charge is 0.382 e. The van der Waals surface area contributed by atoms with Crippen LogP contribution in [0.15, 0.2) is 12.4 Å². The second kappa shape index (κ2) is 5.65. The monoisotopic (exact) mass is 250 g/mol. The summed E-state index contributed by atoms with van der Waals surface area (Å²) in [7, 11) is 1.92. The van der Waals surface area contributed by atoms with Gasteiger partial charge in [0.2, 0.25) is 0 Å². The second-order valence-electron chi connectivity index (χ2n) is 5.32. The Labute approximate surface area is 108 Å². The summed E-state index contributed by atoms with van der Waals surface area (Å²) in [4.78, 5) is 16.4. The molecule has 0 aromatic carbocycles. The number of rotatable bonds is 4. The maximum atomic E-state index is 12.2. The summed E-state index contributed by atoms with van der Waals surface area (Å²) in [6.45, 7) is 0. The molecule has 0 amide bonds. The van der Waals surface area contributed by atoms with Crippen LogP contribution in [0.2, 0.25) is 0 Å². The topological polar surface area (TPSA) is 55.1 Å². The van der Waals surface area contributed by atoms with Crippen LogP contribution in [0.4, 0.5) is 0 Å². The van der Waals surface area contributed by atoms with Crippen molar-refractivity contribution in [2.45, 2.75) is 57.0 Å². The van der Waals surface area contributed by atoms with E-state index in [-0.39, 0.29) is 5.78 Å². The van der Waals surface area contributed by atoms with Crippen molar-refractivity contribution < 1.29 is 9.90 Å². The van der Waals surface area contributed by atoms with E-state index in [1.165, 1.54) is 0 Å². The Morgan fingerprint density at radius 2 is 2.06 bits per heavy atom. The van der Waals surface area contributed by atoms with Crippen molar-refractivity contribution in [3.63, 3.8) is 0 Å². The molecule has 1 aromatic heterocycles. The van der Waals surface area contributed by atoms with E-state index >= 15 is 0 Å². The number of carbonyl (C=O) groups is 1. The Kier molecular flexibility index (Phi) is 4.17. The molecule has 4 nitrogen and oxygen atoms in total. The lowest BCUT2D eigenvalue weighted by molar-refractivity contribution is -0.138. The first-order valence-electron chi connectivity index (χ1n) is 6.84. The Morgan fingerprint density at radius 1 is 1.39 bits per heavy atom.